The van der Waals surface area contributed by atoms with E-state index in [1.807, 2.05) is 34.9 Å². The monoisotopic (exact) mass is 408 g/mol. The van der Waals surface area contributed by atoms with Gasteiger partial charge in [-0.3, -0.25) is 10.1 Å². The van der Waals surface area contributed by atoms with Crippen LogP contribution in [0.4, 0.5) is 11.5 Å². The van der Waals surface area contributed by atoms with E-state index in [1.54, 1.807) is 18.5 Å². The molecular weight excluding hydrogens is 392 g/mol. The lowest BCUT2D eigenvalue weighted by atomic mass is 10.1. The fourth-order valence-corrected chi connectivity index (χ4v) is 3.27. The molecule has 0 bridgehead atoms. The van der Waals surface area contributed by atoms with E-state index in [0.29, 0.717) is 41.5 Å². The predicted molar refractivity (Wildman–Crippen MR) is 111 cm³/mol. The van der Waals surface area contributed by atoms with Gasteiger partial charge in [0.1, 0.15) is 11.8 Å². The van der Waals surface area contributed by atoms with E-state index < -0.39 is 0 Å². The van der Waals surface area contributed by atoms with Gasteiger partial charge in [-0.25, -0.2) is 15.0 Å². The fraction of sp³-hybridized carbons (Fsp3) is 0.150. The lowest BCUT2D eigenvalue weighted by molar-refractivity contribution is -0.384. The van der Waals surface area contributed by atoms with Crippen molar-refractivity contribution in [3.8, 4) is 0 Å². The van der Waals surface area contributed by atoms with E-state index in [-0.39, 0.29) is 10.6 Å². The van der Waals surface area contributed by atoms with Crippen LogP contribution in [0.25, 0.3) is 11.2 Å². The number of anilines is 1. The number of nitro benzene ring substituents is 1. The molecule has 0 radical (unpaired) electrons. The van der Waals surface area contributed by atoms with Crippen LogP contribution in [0.15, 0.2) is 61.2 Å². The summed E-state index contributed by atoms with van der Waals surface area (Å²) < 4.78 is 1.91. The molecule has 0 spiro atoms. The first-order valence-electron chi connectivity index (χ1n) is 8.98. The highest BCUT2D eigenvalue weighted by Gasteiger charge is 2.11. The maximum absolute atomic E-state index is 10.9. The van der Waals surface area contributed by atoms with E-state index in [4.69, 9.17) is 11.6 Å². The Bertz CT molecular complexity index is 1180. The third kappa shape index (κ3) is 4.17. The summed E-state index contributed by atoms with van der Waals surface area (Å²) in [7, 11) is 0. The topological polar surface area (TPSA) is 98.8 Å². The van der Waals surface area contributed by atoms with Crippen molar-refractivity contribution < 1.29 is 4.92 Å². The summed E-state index contributed by atoms with van der Waals surface area (Å²) in [5.41, 5.74) is 3.30. The smallest absolute Gasteiger partial charge is 0.269 e. The first kappa shape index (κ1) is 18.8. The SMILES string of the molecule is O=[N+]([O-])c1cccc(CCn2cnc3c(NCc4ccccc4Cl)ncnc32)c1. The number of fused-ring (bicyclic) bond motifs is 1. The molecule has 0 amide bonds. The number of nitro groups is 1. The first-order chi connectivity index (χ1) is 14.1. The summed E-state index contributed by atoms with van der Waals surface area (Å²) in [4.78, 5) is 23.6. The molecule has 0 atom stereocenters. The van der Waals surface area contributed by atoms with Crippen molar-refractivity contribution in [1.82, 2.24) is 19.5 Å². The number of non-ortho nitro benzene ring substituents is 1. The zero-order valence-electron chi connectivity index (χ0n) is 15.3. The Kier molecular flexibility index (Phi) is 5.35. The van der Waals surface area contributed by atoms with Crippen molar-refractivity contribution >= 4 is 34.3 Å². The van der Waals surface area contributed by atoms with E-state index in [0.717, 1.165) is 11.1 Å². The summed E-state index contributed by atoms with van der Waals surface area (Å²) in [6.07, 6.45) is 3.82. The number of rotatable bonds is 7. The predicted octanol–water partition coefficient (Wildman–Crippen LogP) is 4.24. The normalized spacial score (nSPS) is 10.9. The number of nitrogens with zero attached hydrogens (tertiary/aromatic N) is 5. The van der Waals surface area contributed by atoms with Crippen LogP contribution in [-0.2, 0) is 19.5 Å². The zero-order valence-corrected chi connectivity index (χ0v) is 16.1. The summed E-state index contributed by atoms with van der Waals surface area (Å²) >= 11 is 6.21. The van der Waals surface area contributed by atoms with E-state index in [2.05, 4.69) is 20.3 Å². The van der Waals surface area contributed by atoms with Crippen LogP contribution in [-0.4, -0.2) is 24.4 Å². The highest BCUT2D eigenvalue weighted by atomic mass is 35.5. The van der Waals surface area contributed by atoms with Crippen LogP contribution in [0.3, 0.4) is 0 Å². The molecule has 1 N–H and O–H groups in total. The van der Waals surface area contributed by atoms with Crippen LogP contribution in [0.2, 0.25) is 5.02 Å². The zero-order chi connectivity index (χ0) is 20.2. The second kappa shape index (κ2) is 8.24. The molecule has 0 aliphatic heterocycles. The Labute approximate surface area is 171 Å². The van der Waals surface area contributed by atoms with Crippen molar-refractivity contribution in [3.63, 3.8) is 0 Å². The number of aromatic nitrogens is 4. The molecule has 2 heterocycles. The van der Waals surface area contributed by atoms with Gasteiger partial charge in [-0.2, -0.15) is 0 Å². The van der Waals surface area contributed by atoms with Crippen LogP contribution >= 0.6 is 11.6 Å². The Hall–Kier alpha value is -3.52. The molecule has 4 aromatic rings. The lowest BCUT2D eigenvalue weighted by Crippen LogP contribution is -2.05. The van der Waals surface area contributed by atoms with Crippen molar-refractivity contribution in [1.29, 1.82) is 0 Å². The molecular formula is C20H17ClN6O2. The van der Waals surface area contributed by atoms with Gasteiger partial charge in [0.25, 0.3) is 5.69 Å². The molecule has 146 valence electrons. The minimum Gasteiger partial charge on any atom is -0.364 e. The number of imidazole rings is 1. The lowest BCUT2D eigenvalue weighted by Gasteiger charge is -2.08. The van der Waals surface area contributed by atoms with Gasteiger partial charge in [0, 0.05) is 30.2 Å². The minimum absolute atomic E-state index is 0.0892. The fourth-order valence-electron chi connectivity index (χ4n) is 3.07. The third-order valence-corrected chi connectivity index (χ3v) is 4.94. The number of halogens is 1. The molecule has 0 aliphatic rings. The van der Waals surface area contributed by atoms with Gasteiger partial charge in [-0.1, -0.05) is 41.9 Å². The number of aryl methyl sites for hydroxylation is 2. The largest absolute Gasteiger partial charge is 0.364 e. The number of hydrogen-bond acceptors (Lipinski definition) is 6. The van der Waals surface area contributed by atoms with Gasteiger partial charge in [0.15, 0.2) is 11.5 Å². The highest BCUT2D eigenvalue weighted by molar-refractivity contribution is 6.31. The number of benzene rings is 2. The van der Waals surface area contributed by atoms with Gasteiger partial charge in [0.2, 0.25) is 0 Å². The Balaban J connectivity index is 1.51. The van der Waals surface area contributed by atoms with Crippen LogP contribution in [0, 0.1) is 10.1 Å². The second-order valence-electron chi connectivity index (χ2n) is 6.45. The maximum Gasteiger partial charge on any atom is 0.269 e. The number of nitrogens with one attached hydrogen (secondary N) is 1. The summed E-state index contributed by atoms with van der Waals surface area (Å²) in [5, 5.41) is 14.9. The molecule has 2 aromatic carbocycles. The van der Waals surface area contributed by atoms with Crippen LogP contribution in [0.5, 0.6) is 0 Å². The highest BCUT2D eigenvalue weighted by Crippen LogP contribution is 2.21. The van der Waals surface area contributed by atoms with Crippen molar-refractivity contribution in [2.45, 2.75) is 19.5 Å². The van der Waals surface area contributed by atoms with Crippen LogP contribution in [0.1, 0.15) is 11.1 Å². The maximum atomic E-state index is 10.9. The molecule has 8 nitrogen and oxygen atoms in total. The molecule has 0 fully saturated rings. The summed E-state index contributed by atoms with van der Waals surface area (Å²) in [6, 6.07) is 14.3. The van der Waals surface area contributed by atoms with Gasteiger partial charge < -0.3 is 9.88 Å². The van der Waals surface area contributed by atoms with E-state index in [1.165, 1.54) is 12.4 Å². The van der Waals surface area contributed by atoms with Gasteiger partial charge in [-0.05, 0) is 23.6 Å². The second-order valence-corrected chi connectivity index (χ2v) is 6.86. The summed E-state index contributed by atoms with van der Waals surface area (Å²) in [6.45, 7) is 1.12. The van der Waals surface area contributed by atoms with Gasteiger partial charge >= 0.3 is 0 Å². The Morgan fingerprint density at radius 3 is 2.79 bits per heavy atom. The Morgan fingerprint density at radius 1 is 1.10 bits per heavy atom. The van der Waals surface area contributed by atoms with Crippen LogP contribution < -0.4 is 5.32 Å². The number of hydrogen-bond donors (Lipinski definition) is 1. The van der Waals surface area contributed by atoms with E-state index >= 15 is 0 Å². The average Bonchev–Trinajstić information content (AvgIpc) is 3.15. The molecule has 0 saturated heterocycles. The molecule has 29 heavy (non-hydrogen) atoms. The van der Waals surface area contributed by atoms with Gasteiger partial charge in [-0.15, -0.1) is 0 Å². The quantitative estimate of drug-likeness (QED) is 0.362. The Morgan fingerprint density at radius 2 is 1.97 bits per heavy atom. The van der Waals surface area contributed by atoms with Crippen molar-refractivity contribution in [3.05, 3.63) is 87.4 Å². The molecule has 4 rings (SSSR count). The molecule has 2 aromatic heterocycles. The molecule has 0 unspecified atom stereocenters. The third-order valence-electron chi connectivity index (χ3n) is 4.57. The minimum atomic E-state index is -0.389. The summed E-state index contributed by atoms with van der Waals surface area (Å²) in [5.74, 6) is 0.629. The first-order valence-corrected chi connectivity index (χ1v) is 9.36. The average molecular weight is 409 g/mol. The van der Waals surface area contributed by atoms with Gasteiger partial charge in [0.05, 0.1) is 11.3 Å². The molecule has 0 aliphatic carbocycles. The van der Waals surface area contributed by atoms with Crippen molar-refractivity contribution in [2.24, 2.45) is 0 Å². The van der Waals surface area contributed by atoms with Crippen molar-refractivity contribution in [2.75, 3.05) is 5.32 Å². The van der Waals surface area contributed by atoms with E-state index in [9.17, 15) is 10.1 Å². The molecule has 0 saturated carbocycles. The standard InChI is InChI=1S/C20H17ClN6O2/c21-17-7-2-1-5-15(17)11-22-19-18-20(24-12-23-19)26(13-25-18)9-8-14-4-3-6-16(10-14)27(28)29/h1-7,10,12-13H,8-9,11H2,(H,22,23,24). The molecule has 9 heteroatoms.